The maximum absolute atomic E-state index is 4.51. The number of hydrogen-bond donors (Lipinski definition) is 1. The summed E-state index contributed by atoms with van der Waals surface area (Å²) in [5.74, 6) is 0. The van der Waals surface area contributed by atoms with Gasteiger partial charge in [0, 0.05) is 11.4 Å². The lowest BCUT2D eigenvalue weighted by Crippen LogP contribution is -2.14. The van der Waals surface area contributed by atoms with E-state index in [1.54, 1.807) is 0 Å². The van der Waals surface area contributed by atoms with Gasteiger partial charge in [0.05, 0.1) is 0 Å². The van der Waals surface area contributed by atoms with Crippen molar-refractivity contribution < 1.29 is 0 Å². The Kier molecular flexibility index (Phi) is 3.61. The number of nitrogens with one attached hydrogen (secondary N) is 1. The zero-order chi connectivity index (χ0) is 9.64. The second-order valence-electron chi connectivity index (χ2n) is 4.33. The van der Waals surface area contributed by atoms with E-state index in [0.717, 1.165) is 0 Å². The van der Waals surface area contributed by atoms with E-state index in [1.807, 2.05) is 0 Å². The molecule has 0 amide bonds. The molecule has 0 aromatic rings. The van der Waals surface area contributed by atoms with Crippen molar-refractivity contribution >= 4 is 5.71 Å². The second kappa shape index (κ2) is 5.18. The first-order valence-electron chi connectivity index (χ1n) is 5.95. The molecule has 2 nitrogen and oxygen atoms in total. The Morgan fingerprint density at radius 1 is 0.929 bits per heavy atom. The SMILES string of the molecule is C1=C(NN=C2CCCCC2)CCCC1. The molecule has 2 aliphatic rings. The van der Waals surface area contributed by atoms with Crippen LogP contribution in [0.3, 0.4) is 0 Å². The fraction of sp³-hybridized carbons (Fsp3) is 0.750. The van der Waals surface area contributed by atoms with Gasteiger partial charge in [-0.2, -0.15) is 5.10 Å². The number of nitrogens with zero attached hydrogens (tertiary/aromatic N) is 1. The van der Waals surface area contributed by atoms with Crippen molar-refractivity contribution in [1.82, 2.24) is 5.43 Å². The van der Waals surface area contributed by atoms with E-state index in [-0.39, 0.29) is 0 Å². The molecule has 0 spiro atoms. The lowest BCUT2D eigenvalue weighted by molar-refractivity contribution is 0.634. The van der Waals surface area contributed by atoms with Gasteiger partial charge in [-0.3, -0.25) is 5.43 Å². The van der Waals surface area contributed by atoms with Crippen LogP contribution in [0, 0.1) is 0 Å². The fourth-order valence-corrected chi connectivity index (χ4v) is 2.16. The summed E-state index contributed by atoms with van der Waals surface area (Å²) < 4.78 is 0. The highest BCUT2D eigenvalue weighted by Crippen LogP contribution is 2.17. The summed E-state index contributed by atoms with van der Waals surface area (Å²) in [4.78, 5) is 0. The minimum Gasteiger partial charge on any atom is -0.283 e. The van der Waals surface area contributed by atoms with E-state index in [9.17, 15) is 0 Å². The van der Waals surface area contributed by atoms with E-state index in [2.05, 4.69) is 16.6 Å². The van der Waals surface area contributed by atoms with Crippen molar-refractivity contribution in [3.63, 3.8) is 0 Å². The van der Waals surface area contributed by atoms with Gasteiger partial charge in [0.2, 0.25) is 0 Å². The van der Waals surface area contributed by atoms with Crippen molar-refractivity contribution in [3.8, 4) is 0 Å². The van der Waals surface area contributed by atoms with Crippen LogP contribution >= 0.6 is 0 Å². The molecule has 0 aliphatic heterocycles. The largest absolute Gasteiger partial charge is 0.283 e. The molecule has 0 heterocycles. The molecule has 2 rings (SSSR count). The van der Waals surface area contributed by atoms with Crippen LogP contribution in [-0.2, 0) is 0 Å². The maximum atomic E-state index is 4.51. The van der Waals surface area contributed by atoms with E-state index in [4.69, 9.17) is 0 Å². The van der Waals surface area contributed by atoms with Gasteiger partial charge in [-0.05, 0) is 51.4 Å². The first-order chi connectivity index (χ1) is 6.95. The van der Waals surface area contributed by atoms with Crippen LogP contribution in [0.25, 0.3) is 0 Å². The van der Waals surface area contributed by atoms with Crippen molar-refractivity contribution in [3.05, 3.63) is 11.8 Å². The summed E-state index contributed by atoms with van der Waals surface area (Å²) in [5.41, 5.74) is 5.96. The Hall–Kier alpha value is -0.790. The minimum atomic E-state index is 1.19. The zero-order valence-electron chi connectivity index (χ0n) is 8.89. The monoisotopic (exact) mass is 192 g/mol. The van der Waals surface area contributed by atoms with Crippen LogP contribution in [0.4, 0.5) is 0 Å². The van der Waals surface area contributed by atoms with Gasteiger partial charge in [0.1, 0.15) is 0 Å². The highest BCUT2D eigenvalue weighted by atomic mass is 15.3. The lowest BCUT2D eigenvalue weighted by atomic mass is 9.99. The quantitative estimate of drug-likeness (QED) is 0.667. The Morgan fingerprint density at radius 2 is 1.71 bits per heavy atom. The highest BCUT2D eigenvalue weighted by Gasteiger charge is 2.07. The van der Waals surface area contributed by atoms with Crippen LogP contribution in [0.5, 0.6) is 0 Å². The summed E-state index contributed by atoms with van der Waals surface area (Å²) in [6.07, 6.45) is 13.9. The summed E-state index contributed by atoms with van der Waals surface area (Å²) in [5, 5.41) is 4.51. The molecular weight excluding hydrogens is 172 g/mol. The number of hydrazone groups is 1. The summed E-state index contributed by atoms with van der Waals surface area (Å²) in [6.45, 7) is 0. The molecule has 0 bridgehead atoms. The van der Waals surface area contributed by atoms with Gasteiger partial charge in [-0.1, -0.05) is 12.5 Å². The number of rotatable bonds is 2. The van der Waals surface area contributed by atoms with Gasteiger partial charge >= 0.3 is 0 Å². The first-order valence-corrected chi connectivity index (χ1v) is 5.95. The molecule has 0 radical (unpaired) electrons. The standard InChI is InChI=1S/C12H20N2/c1-3-7-11(8-4-1)13-14-12-9-5-2-6-10-12/h7,13H,1-6,8-10H2. The summed E-state index contributed by atoms with van der Waals surface area (Å²) >= 11 is 0. The number of hydrogen-bond acceptors (Lipinski definition) is 2. The molecular formula is C12H20N2. The molecule has 0 aromatic heterocycles. The normalized spacial score (nSPS) is 22.9. The third-order valence-electron chi connectivity index (χ3n) is 3.08. The van der Waals surface area contributed by atoms with Crippen LogP contribution < -0.4 is 5.43 Å². The Balaban J connectivity index is 1.81. The van der Waals surface area contributed by atoms with Gasteiger partial charge < -0.3 is 0 Å². The van der Waals surface area contributed by atoms with Crippen molar-refractivity contribution in [1.29, 1.82) is 0 Å². The fourth-order valence-electron chi connectivity index (χ4n) is 2.16. The molecule has 0 aromatic carbocycles. The van der Waals surface area contributed by atoms with E-state index >= 15 is 0 Å². The smallest absolute Gasteiger partial charge is 0.0382 e. The molecule has 2 aliphatic carbocycles. The van der Waals surface area contributed by atoms with Crippen LogP contribution in [-0.4, -0.2) is 5.71 Å². The predicted octanol–water partition coefficient (Wildman–Crippen LogP) is 3.35. The summed E-state index contributed by atoms with van der Waals surface area (Å²) in [6, 6.07) is 0. The number of allylic oxidation sites excluding steroid dienone is 2. The molecule has 14 heavy (non-hydrogen) atoms. The average molecular weight is 192 g/mol. The topological polar surface area (TPSA) is 24.4 Å². The molecule has 1 fully saturated rings. The third-order valence-corrected chi connectivity index (χ3v) is 3.08. The van der Waals surface area contributed by atoms with Crippen molar-refractivity contribution in [2.75, 3.05) is 0 Å². The van der Waals surface area contributed by atoms with Gasteiger partial charge in [-0.15, -0.1) is 0 Å². The molecule has 2 heteroatoms. The van der Waals surface area contributed by atoms with E-state index in [0.29, 0.717) is 0 Å². The third kappa shape index (κ3) is 2.86. The molecule has 1 N–H and O–H groups in total. The van der Waals surface area contributed by atoms with Crippen molar-refractivity contribution in [2.45, 2.75) is 57.8 Å². The Labute approximate surface area is 86.5 Å². The van der Waals surface area contributed by atoms with Crippen LogP contribution in [0.1, 0.15) is 57.8 Å². The first kappa shape index (κ1) is 9.75. The molecule has 1 saturated carbocycles. The average Bonchev–Trinajstić information content (AvgIpc) is 2.29. The second-order valence-corrected chi connectivity index (χ2v) is 4.33. The highest BCUT2D eigenvalue weighted by molar-refractivity contribution is 5.84. The Morgan fingerprint density at radius 3 is 2.43 bits per heavy atom. The van der Waals surface area contributed by atoms with E-state index in [1.165, 1.54) is 69.2 Å². The zero-order valence-corrected chi connectivity index (χ0v) is 8.89. The molecule has 0 saturated heterocycles. The predicted molar refractivity (Wildman–Crippen MR) is 60.2 cm³/mol. The van der Waals surface area contributed by atoms with E-state index < -0.39 is 0 Å². The molecule has 78 valence electrons. The van der Waals surface area contributed by atoms with Crippen LogP contribution in [0.2, 0.25) is 0 Å². The van der Waals surface area contributed by atoms with Gasteiger partial charge in [0.15, 0.2) is 0 Å². The van der Waals surface area contributed by atoms with Gasteiger partial charge in [-0.25, -0.2) is 0 Å². The van der Waals surface area contributed by atoms with Gasteiger partial charge in [0.25, 0.3) is 0 Å². The maximum Gasteiger partial charge on any atom is 0.0382 e. The van der Waals surface area contributed by atoms with Crippen molar-refractivity contribution in [2.24, 2.45) is 5.10 Å². The molecule has 0 unspecified atom stereocenters. The van der Waals surface area contributed by atoms with Crippen LogP contribution in [0.15, 0.2) is 16.9 Å². The minimum absolute atomic E-state index is 1.19. The Bertz CT molecular complexity index is 233. The lowest BCUT2D eigenvalue weighted by Gasteiger charge is -2.15. The molecule has 0 atom stereocenters. The summed E-state index contributed by atoms with van der Waals surface area (Å²) in [7, 11) is 0.